The van der Waals surface area contributed by atoms with E-state index in [2.05, 4.69) is 9.97 Å². The Bertz CT molecular complexity index is 685. The number of hydrogen-bond acceptors (Lipinski definition) is 3. The molecule has 0 radical (unpaired) electrons. The van der Waals surface area contributed by atoms with Gasteiger partial charge in [-0.25, -0.2) is 9.97 Å². The average Bonchev–Trinajstić information content (AvgIpc) is 2.80. The Kier molecular flexibility index (Phi) is 2.08. The monoisotopic (exact) mass is 224 g/mol. The molecule has 0 amide bonds. The Balaban J connectivity index is 2.26. The van der Waals surface area contributed by atoms with E-state index in [-0.39, 0.29) is 0 Å². The van der Waals surface area contributed by atoms with Crippen LogP contribution in [0.1, 0.15) is 5.56 Å². The fourth-order valence-electron chi connectivity index (χ4n) is 1.91. The summed E-state index contributed by atoms with van der Waals surface area (Å²) in [5.41, 5.74) is 9.75. The molecule has 3 aromatic heterocycles. The van der Waals surface area contributed by atoms with Crippen LogP contribution in [-0.2, 0) is 0 Å². The molecule has 0 bridgehead atoms. The van der Waals surface area contributed by atoms with E-state index in [9.17, 15) is 0 Å². The summed E-state index contributed by atoms with van der Waals surface area (Å²) in [5.74, 6) is 0.576. The highest BCUT2D eigenvalue weighted by Crippen LogP contribution is 2.22. The third-order valence-electron chi connectivity index (χ3n) is 2.84. The summed E-state index contributed by atoms with van der Waals surface area (Å²) in [4.78, 5) is 8.45. The fourth-order valence-corrected chi connectivity index (χ4v) is 1.91. The third-order valence-corrected chi connectivity index (χ3v) is 2.84. The number of imidazole rings is 1. The van der Waals surface area contributed by atoms with E-state index in [4.69, 9.17) is 5.73 Å². The molecule has 84 valence electrons. The van der Waals surface area contributed by atoms with Gasteiger partial charge in [-0.3, -0.25) is 4.40 Å². The highest BCUT2D eigenvalue weighted by Gasteiger charge is 2.05. The lowest BCUT2D eigenvalue weighted by Gasteiger charge is -2.07. The molecule has 0 spiro atoms. The van der Waals surface area contributed by atoms with Crippen molar-refractivity contribution < 1.29 is 0 Å². The standard InChI is InChI=1S/C13H12N4/c1-9-7-10(8-16-13(9)14)11-3-2-4-12-15-5-6-17(11)12/h2-8H,1H3,(H2,14,16). The van der Waals surface area contributed by atoms with Crippen molar-refractivity contribution in [1.82, 2.24) is 14.4 Å². The molecule has 2 N–H and O–H groups in total. The number of nitrogens with zero attached hydrogens (tertiary/aromatic N) is 3. The summed E-state index contributed by atoms with van der Waals surface area (Å²) in [6.07, 6.45) is 5.52. The van der Waals surface area contributed by atoms with Crippen molar-refractivity contribution in [3.05, 3.63) is 48.4 Å². The molecule has 0 aliphatic carbocycles. The molecule has 0 aliphatic rings. The predicted octanol–water partition coefficient (Wildman–Crippen LogP) is 2.29. The first kappa shape index (κ1) is 9.84. The van der Waals surface area contributed by atoms with Crippen LogP contribution in [0.4, 0.5) is 5.82 Å². The minimum Gasteiger partial charge on any atom is -0.383 e. The van der Waals surface area contributed by atoms with Crippen molar-refractivity contribution in [2.75, 3.05) is 5.73 Å². The van der Waals surface area contributed by atoms with E-state index in [1.165, 1.54) is 0 Å². The van der Waals surface area contributed by atoms with Gasteiger partial charge in [0.1, 0.15) is 11.5 Å². The molecule has 0 atom stereocenters. The van der Waals surface area contributed by atoms with E-state index in [1.54, 1.807) is 12.4 Å². The molecule has 17 heavy (non-hydrogen) atoms. The predicted molar refractivity (Wildman–Crippen MR) is 67.6 cm³/mol. The van der Waals surface area contributed by atoms with Gasteiger partial charge >= 0.3 is 0 Å². The minimum absolute atomic E-state index is 0.576. The number of nitrogens with two attached hydrogens (primary N) is 1. The molecule has 0 fully saturated rings. The largest absolute Gasteiger partial charge is 0.383 e. The van der Waals surface area contributed by atoms with Crippen LogP contribution < -0.4 is 5.73 Å². The molecule has 0 aliphatic heterocycles. The summed E-state index contributed by atoms with van der Waals surface area (Å²) in [7, 11) is 0. The lowest BCUT2D eigenvalue weighted by molar-refractivity contribution is 1.18. The number of rotatable bonds is 1. The number of aryl methyl sites for hydroxylation is 1. The van der Waals surface area contributed by atoms with Crippen LogP contribution in [0, 0.1) is 6.92 Å². The Morgan fingerprint density at radius 1 is 1.24 bits per heavy atom. The topological polar surface area (TPSA) is 56.2 Å². The second kappa shape index (κ2) is 3.59. The van der Waals surface area contributed by atoms with Crippen molar-refractivity contribution in [2.24, 2.45) is 0 Å². The van der Waals surface area contributed by atoms with Crippen molar-refractivity contribution in [3.8, 4) is 11.3 Å². The second-order valence-electron chi connectivity index (χ2n) is 3.99. The van der Waals surface area contributed by atoms with Gasteiger partial charge in [0.15, 0.2) is 0 Å². The maximum Gasteiger partial charge on any atom is 0.137 e. The molecule has 4 heteroatoms. The number of anilines is 1. The first-order chi connectivity index (χ1) is 8.25. The zero-order chi connectivity index (χ0) is 11.8. The van der Waals surface area contributed by atoms with Gasteiger partial charge in [-0.1, -0.05) is 6.07 Å². The van der Waals surface area contributed by atoms with E-state index in [1.807, 2.05) is 41.8 Å². The van der Waals surface area contributed by atoms with Crippen molar-refractivity contribution in [3.63, 3.8) is 0 Å². The molecule has 3 heterocycles. The van der Waals surface area contributed by atoms with Crippen molar-refractivity contribution in [1.29, 1.82) is 0 Å². The van der Waals surface area contributed by atoms with Crippen LogP contribution in [0.3, 0.4) is 0 Å². The summed E-state index contributed by atoms with van der Waals surface area (Å²) in [5, 5.41) is 0. The Morgan fingerprint density at radius 3 is 2.94 bits per heavy atom. The lowest BCUT2D eigenvalue weighted by atomic mass is 10.1. The maximum absolute atomic E-state index is 5.73. The smallest absolute Gasteiger partial charge is 0.137 e. The van der Waals surface area contributed by atoms with E-state index in [0.717, 1.165) is 22.5 Å². The minimum atomic E-state index is 0.576. The summed E-state index contributed by atoms with van der Waals surface area (Å²) < 4.78 is 2.03. The highest BCUT2D eigenvalue weighted by atomic mass is 15.0. The van der Waals surface area contributed by atoms with E-state index >= 15 is 0 Å². The third kappa shape index (κ3) is 1.54. The molecule has 4 nitrogen and oxygen atoms in total. The van der Waals surface area contributed by atoms with Crippen LogP contribution in [0.2, 0.25) is 0 Å². The van der Waals surface area contributed by atoms with E-state index < -0.39 is 0 Å². The van der Waals surface area contributed by atoms with Crippen molar-refractivity contribution >= 4 is 11.5 Å². The molecule has 3 rings (SSSR count). The maximum atomic E-state index is 5.73. The molecule has 0 aromatic carbocycles. The molecular weight excluding hydrogens is 212 g/mol. The van der Waals surface area contributed by atoms with Gasteiger partial charge in [-0.05, 0) is 30.7 Å². The zero-order valence-electron chi connectivity index (χ0n) is 9.46. The van der Waals surface area contributed by atoms with Gasteiger partial charge in [0.25, 0.3) is 0 Å². The van der Waals surface area contributed by atoms with Gasteiger partial charge < -0.3 is 5.73 Å². The van der Waals surface area contributed by atoms with Crippen molar-refractivity contribution in [2.45, 2.75) is 6.92 Å². The van der Waals surface area contributed by atoms with Gasteiger partial charge in [0.2, 0.25) is 0 Å². The fraction of sp³-hybridized carbons (Fsp3) is 0.0769. The van der Waals surface area contributed by atoms with Crippen LogP contribution in [-0.4, -0.2) is 14.4 Å². The number of hydrogen-bond donors (Lipinski definition) is 1. The first-order valence-electron chi connectivity index (χ1n) is 5.40. The SMILES string of the molecule is Cc1cc(-c2cccc3nccn23)cnc1N. The summed E-state index contributed by atoms with van der Waals surface area (Å²) in [6, 6.07) is 8.04. The van der Waals surface area contributed by atoms with Crippen LogP contribution >= 0.6 is 0 Å². The summed E-state index contributed by atoms with van der Waals surface area (Å²) >= 11 is 0. The molecule has 3 aromatic rings. The number of fused-ring (bicyclic) bond motifs is 1. The van der Waals surface area contributed by atoms with E-state index in [0.29, 0.717) is 5.82 Å². The molecule has 0 saturated heterocycles. The molecule has 0 unspecified atom stereocenters. The summed E-state index contributed by atoms with van der Waals surface area (Å²) in [6.45, 7) is 1.96. The lowest BCUT2D eigenvalue weighted by Crippen LogP contribution is -1.96. The quantitative estimate of drug-likeness (QED) is 0.690. The van der Waals surface area contributed by atoms with Crippen LogP contribution in [0.5, 0.6) is 0 Å². The van der Waals surface area contributed by atoms with Gasteiger partial charge in [-0.15, -0.1) is 0 Å². The number of nitrogen functional groups attached to an aromatic ring is 1. The number of aromatic nitrogens is 3. The Hall–Kier alpha value is -2.36. The number of pyridine rings is 2. The van der Waals surface area contributed by atoms with Crippen LogP contribution in [0.25, 0.3) is 16.9 Å². The molecular formula is C13H12N4. The van der Waals surface area contributed by atoms with Gasteiger partial charge in [0.05, 0.1) is 5.69 Å². The van der Waals surface area contributed by atoms with Gasteiger partial charge in [-0.2, -0.15) is 0 Å². The normalized spacial score (nSPS) is 10.9. The molecule has 0 saturated carbocycles. The Labute approximate surface area is 98.8 Å². The zero-order valence-corrected chi connectivity index (χ0v) is 9.46. The highest BCUT2D eigenvalue weighted by molar-refractivity contribution is 5.65. The Morgan fingerprint density at radius 2 is 2.12 bits per heavy atom. The second-order valence-corrected chi connectivity index (χ2v) is 3.99. The average molecular weight is 224 g/mol. The first-order valence-corrected chi connectivity index (χ1v) is 5.40. The van der Waals surface area contributed by atoms with Crippen LogP contribution in [0.15, 0.2) is 42.9 Å². The van der Waals surface area contributed by atoms with Gasteiger partial charge in [0, 0.05) is 24.2 Å².